The molecule has 1 aliphatic heterocycles. The Bertz CT molecular complexity index is 1330. The van der Waals surface area contributed by atoms with Gasteiger partial charge in [-0.3, -0.25) is 4.79 Å². The van der Waals surface area contributed by atoms with E-state index < -0.39 is 0 Å². The van der Waals surface area contributed by atoms with Crippen LogP contribution in [-0.4, -0.2) is 17.7 Å². The van der Waals surface area contributed by atoms with Crippen molar-refractivity contribution in [1.82, 2.24) is 4.98 Å². The van der Waals surface area contributed by atoms with Crippen LogP contribution in [0.4, 0.5) is 5.69 Å². The number of hydrogen-bond donors (Lipinski definition) is 1. The molecule has 3 aromatic carbocycles. The summed E-state index contributed by atoms with van der Waals surface area (Å²) in [4.78, 5) is 17.4. The molecule has 1 amide bonds. The van der Waals surface area contributed by atoms with E-state index in [9.17, 15) is 4.79 Å². The highest BCUT2D eigenvalue weighted by molar-refractivity contribution is 6.34. The Morgan fingerprint density at radius 1 is 1.09 bits per heavy atom. The quantitative estimate of drug-likeness (QED) is 0.370. The first kappa shape index (κ1) is 20.4. The van der Waals surface area contributed by atoms with E-state index in [2.05, 4.69) is 36.3 Å². The summed E-state index contributed by atoms with van der Waals surface area (Å²) in [5.41, 5.74) is 4.38. The van der Waals surface area contributed by atoms with Gasteiger partial charge in [0.2, 0.25) is 12.7 Å². The number of halogens is 1. The highest BCUT2D eigenvalue weighted by atomic mass is 35.5. The van der Waals surface area contributed by atoms with Crippen LogP contribution in [-0.2, 0) is 0 Å². The first-order chi connectivity index (χ1) is 15.5. The number of oxazole rings is 1. The zero-order valence-electron chi connectivity index (χ0n) is 17.6. The molecule has 6 nitrogen and oxygen atoms in total. The molecular weight excluding hydrogens is 428 g/mol. The van der Waals surface area contributed by atoms with Crippen molar-refractivity contribution in [1.29, 1.82) is 0 Å². The smallest absolute Gasteiger partial charge is 0.255 e. The Kier molecular flexibility index (Phi) is 5.23. The molecule has 1 aromatic heterocycles. The number of aromatic nitrogens is 1. The lowest BCUT2D eigenvalue weighted by atomic mass is 9.98. The molecule has 1 N–H and O–H groups in total. The van der Waals surface area contributed by atoms with Gasteiger partial charge in [-0.25, -0.2) is 4.98 Å². The predicted molar refractivity (Wildman–Crippen MR) is 124 cm³/mol. The maximum Gasteiger partial charge on any atom is 0.255 e. The van der Waals surface area contributed by atoms with E-state index in [1.807, 2.05) is 12.1 Å². The van der Waals surface area contributed by atoms with Gasteiger partial charge in [0.15, 0.2) is 17.1 Å². The summed E-state index contributed by atoms with van der Waals surface area (Å²) in [5.74, 6) is 1.78. The minimum atomic E-state index is -0.307. The molecule has 0 aliphatic carbocycles. The van der Waals surface area contributed by atoms with Crippen molar-refractivity contribution in [3.8, 4) is 23.0 Å². The third-order valence-electron chi connectivity index (χ3n) is 5.69. The standard InChI is InChI=1S/C25H21ClN2O4/c1-3-14(2)15-5-8-21-20(10-15)28-25(32-21)17-4-7-18(26)19(11-17)27-24(29)16-6-9-22-23(12-16)31-13-30-22/h4-12,14H,3,13H2,1-2H3,(H,27,29). The molecular formula is C25H21ClN2O4. The van der Waals surface area contributed by atoms with Crippen molar-refractivity contribution in [3.63, 3.8) is 0 Å². The van der Waals surface area contributed by atoms with E-state index in [-0.39, 0.29) is 12.7 Å². The Morgan fingerprint density at radius 3 is 2.78 bits per heavy atom. The molecule has 0 saturated carbocycles. The number of carbonyl (C=O) groups is 1. The minimum Gasteiger partial charge on any atom is -0.454 e. The van der Waals surface area contributed by atoms with Crippen LogP contribution in [0.2, 0.25) is 5.02 Å². The third kappa shape index (κ3) is 3.78. The zero-order valence-corrected chi connectivity index (χ0v) is 18.4. The van der Waals surface area contributed by atoms with Gasteiger partial charge in [0.25, 0.3) is 5.91 Å². The lowest BCUT2D eigenvalue weighted by molar-refractivity contribution is 0.102. The molecule has 0 saturated heterocycles. The number of rotatable bonds is 5. The number of amides is 1. The normalized spacial score (nSPS) is 13.3. The maximum atomic E-state index is 12.8. The molecule has 0 radical (unpaired) electrons. The van der Waals surface area contributed by atoms with E-state index in [1.54, 1.807) is 30.3 Å². The monoisotopic (exact) mass is 448 g/mol. The lowest BCUT2D eigenvalue weighted by Crippen LogP contribution is -2.12. The van der Waals surface area contributed by atoms with Crippen LogP contribution >= 0.6 is 11.6 Å². The van der Waals surface area contributed by atoms with Crippen LogP contribution in [0, 0.1) is 0 Å². The number of carbonyl (C=O) groups excluding carboxylic acids is 1. The van der Waals surface area contributed by atoms with Crippen molar-refractivity contribution >= 4 is 34.3 Å². The van der Waals surface area contributed by atoms with Crippen LogP contribution in [0.5, 0.6) is 11.5 Å². The topological polar surface area (TPSA) is 73.6 Å². The molecule has 1 atom stereocenters. The number of nitrogens with zero attached hydrogens (tertiary/aromatic N) is 1. The van der Waals surface area contributed by atoms with Gasteiger partial charge in [-0.1, -0.05) is 31.5 Å². The SMILES string of the molecule is CCC(C)c1ccc2oc(-c3ccc(Cl)c(NC(=O)c4ccc5c(c4)OCO5)c3)nc2c1. The lowest BCUT2D eigenvalue weighted by Gasteiger charge is -2.09. The van der Waals surface area contributed by atoms with E-state index in [1.165, 1.54) is 5.56 Å². The van der Waals surface area contributed by atoms with E-state index in [0.29, 0.717) is 45.2 Å². The summed E-state index contributed by atoms with van der Waals surface area (Å²) in [6, 6.07) is 16.4. The van der Waals surface area contributed by atoms with Crippen LogP contribution in [0.1, 0.15) is 42.1 Å². The summed E-state index contributed by atoms with van der Waals surface area (Å²) >= 11 is 6.35. The molecule has 0 spiro atoms. The Morgan fingerprint density at radius 2 is 1.94 bits per heavy atom. The highest BCUT2D eigenvalue weighted by Gasteiger charge is 2.18. The Labute approximate surface area is 190 Å². The maximum absolute atomic E-state index is 12.8. The highest BCUT2D eigenvalue weighted by Crippen LogP contribution is 2.34. The van der Waals surface area contributed by atoms with E-state index >= 15 is 0 Å². The summed E-state index contributed by atoms with van der Waals surface area (Å²) < 4.78 is 16.6. The van der Waals surface area contributed by atoms with Gasteiger partial charge in [-0.15, -0.1) is 0 Å². The molecule has 4 aromatic rings. The number of hydrogen-bond acceptors (Lipinski definition) is 5. The molecule has 0 fully saturated rings. The van der Waals surface area contributed by atoms with Gasteiger partial charge in [0.05, 0.1) is 10.7 Å². The molecule has 5 rings (SSSR count). The average Bonchev–Trinajstić information content (AvgIpc) is 3.45. The van der Waals surface area contributed by atoms with Gasteiger partial charge in [-0.05, 0) is 66.4 Å². The van der Waals surface area contributed by atoms with Gasteiger partial charge >= 0.3 is 0 Å². The second-order valence-corrected chi connectivity index (χ2v) is 8.18. The Balaban J connectivity index is 1.43. The van der Waals surface area contributed by atoms with Gasteiger partial charge in [0, 0.05) is 11.1 Å². The Hall–Kier alpha value is -3.51. The molecule has 1 unspecified atom stereocenters. The first-order valence-electron chi connectivity index (χ1n) is 10.4. The summed E-state index contributed by atoms with van der Waals surface area (Å²) in [6.45, 7) is 4.50. The van der Waals surface area contributed by atoms with Crippen molar-refractivity contribution in [2.75, 3.05) is 12.1 Å². The number of benzene rings is 3. The fraction of sp³-hybridized carbons (Fsp3) is 0.200. The number of fused-ring (bicyclic) bond motifs is 2. The van der Waals surface area contributed by atoms with E-state index in [4.69, 9.17) is 25.5 Å². The molecule has 162 valence electrons. The number of ether oxygens (including phenoxy) is 2. The summed E-state index contributed by atoms with van der Waals surface area (Å²) in [7, 11) is 0. The number of anilines is 1. The summed E-state index contributed by atoms with van der Waals surface area (Å²) in [5, 5.41) is 3.27. The van der Waals surface area contributed by atoms with Gasteiger partial charge in [0.1, 0.15) is 5.52 Å². The minimum absolute atomic E-state index is 0.150. The molecule has 1 aliphatic rings. The molecule has 7 heteroatoms. The second-order valence-electron chi connectivity index (χ2n) is 7.77. The van der Waals surface area contributed by atoms with Crippen molar-refractivity contribution < 1.29 is 18.7 Å². The fourth-order valence-electron chi connectivity index (χ4n) is 3.60. The summed E-state index contributed by atoms with van der Waals surface area (Å²) in [6.07, 6.45) is 1.06. The van der Waals surface area contributed by atoms with Crippen molar-refractivity contribution in [3.05, 3.63) is 70.7 Å². The second kappa shape index (κ2) is 8.20. The van der Waals surface area contributed by atoms with Gasteiger partial charge in [-0.2, -0.15) is 0 Å². The molecule has 2 heterocycles. The predicted octanol–water partition coefficient (Wildman–Crippen LogP) is 6.64. The van der Waals surface area contributed by atoms with E-state index in [0.717, 1.165) is 17.5 Å². The van der Waals surface area contributed by atoms with Crippen LogP contribution < -0.4 is 14.8 Å². The average molecular weight is 449 g/mol. The third-order valence-corrected chi connectivity index (χ3v) is 6.02. The van der Waals surface area contributed by atoms with Crippen LogP contribution in [0.25, 0.3) is 22.6 Å². The fourth-order valence-corrected chi connectivity index (χ4v) is 3.76. The van der Waals surface area contributed by atoms with Gasteiger partial charge < -0.3 is 19.2 Å². The largest absolute Gasteiger partial charge is 0.454 e. The zero-order chi connectivity index (χ0) is 22.2. The van der Waals surface area contributed by atoms with Crippen LogP contribution in [0.15, 0.2) is 59.0 Å². The molecule has 32 heavy (non-hydrogen) atoms. The first-order valence-corrected chi connectivity index (χ1v) is 10.8. The van der Waals surface area contributed by atoms with Crippen molar-refractivity contribution in [2.24, 2.45) is 0 Å². The van der Waals surface area contributed by atoms with Crippen LogP contribution in [0.3, 0.4) is 0 Å². The van der Waals surface area contributed by atoms with Crippen molar-refractivity contribution in [2.45, 2.75) is 26.2 Å². The number of nitrogens with one attached hydrogen (secondary N) is 1. The molecule has 0 bridgehead atoms.